The first-order valence-corrected chi connectivity index (χ1v) is 7.21. The fraction of sp³-hybridized carbons (Fsp3) is 0.533. The van der Waals surface area contributed by atoms with Crippen molar-refractivity contribution in [1.82, 2.24) is 0 Å². The van der Waals surface area contributed by atoms with Gasteiger partial charge in [0.15, 0.2) is 0 Å². The summed E-state index contributed by atoms with van der Waals surface area (Å²) in [6.07, 6.45) is 3.51. The Bertz CT molecular complexity index is 544. The minimum Gasteiger partial charge on any atom is -0.481 e. The predicted molar refractivity (Wildman–Crippen MR) is 79.4 cm³/mol. The second-order valence-electron chi connectivity index (χ2n) is 5.60. The molecule has 0 radical (unpaired) electrons. The van der Waals surface area contributed by atoms with Crippen molar-refractivity contribution in [1.29, 1.82) is 0 Å². The second kappa shape index (κ2) is 6.56. The van der Waals surface area contributed by atoms with Crippen LogP contribution in [0.4, 0.5) is 11.4 Å². The summed E-state index contributed by atoms with van der Waals surface area (Å²) in [6.45, 7) is 2.27. The zero-order valence-electron chi connectivity index (χ0n) is 12.0. The van der Waals surface area contributed by atoms with Gasteiger partial charge in [-0.2, -0.15) is 0 Å². The van der Waals surface area contributed by atoms with Gasteiger partial charge in [-0.3, -0.25) is 14.9 Å². The molecule has 1 saturated carbocycles. The Labute approximate surface area is 123 Å². The summed E-state index contributed by atoms with van der Waals surface area (Å²) in [5.74, 6) is -1.09. The topological polar surface area (TPSA) is 92.5 Å². The highest BCUT2D eigenvalue weighted by Gasteiger charge is 2.31. The Morgan fingerprint density at radius 2 is 2.14 bits per heavy atom. The van der Waals surface area contributed by atoms with E-state index in [1.54, 1.807) is 6.07 Å². The number of carbonyl (C=O) groups is 1. The lowest BCUT2D eigenvalue weighted by Gasteiger charge is -2.29. The van der Waals surface area contributed by atoms with Crippen LogP contribution in [0.25, 0.3) is 0 Å². The van der Waals surface area contributed by atoms with E-state index in [0.29, 0.717) is 18.7 Å². The van der Waals surface area contributed by atoms with E-state index in [4.69, 9.17) is 0 Å². The maximum atomic E-state index is 11.3. The van der Waals surface area contributed by atoms with E-state index in [1.807, 2.05) is 13.0 Å². The summed E-state index contributed by atoms with van der Waals surface area (Å²) in [6, 6.07) is 4.93. The minimum atomic E-state index is -0.763. The van der Waals surface area contributed by atoms with Crippen LogP contribution < -0.4 is 5.32 Å². The van der Waals surface area contributed by atoms with Gasteiger partial charge >= 0.3 is 5.97 Å². The van der Waals surface area contributed by atoms with Crippen LogP contribution in [0.5, 0.6) is 0 Å². The molecule has 6 heteroatoms. The number of aliphatic carboxylic acids is 1. The van der Waals surface area contributed by atoms with Crippen LogP contribution in [0.2, 0.25) is 0 Å². The molecule has 0 saturated heterocycles. The SMILES string of the molecule is Cc1cccc([N+](=O)[O-])c1NCC1CCCCC1C(=O)O. The average molecular weight is 292 g/mol. The third-order valence-corrected chi connectivity index (χ3v) is 4.21. The molecule has 114 valence electrons. The summed E-state index contributed by atoms with van der Waals surface area (Å²) in [4.78, 5) is 21.9. The van der Waals surface area contributed by atoms with Crippen LogP contribution in [-0.2, 0) is 4.79 Å². The molecule has 1 aromatic carbocycles. The molecule has 2 unspecified atom stereocenters. The number of para-hydroxylation sites is 1. The number of benzene rings is 1. The van der Waals surface area contributed by atoms with Crippen LogP contribution in [0.1, 0.15) is 31.2 Å². The molecule has 0 heterocycles. The molecule has 21 heavy (non-hydrogen) atoms. The van der Waals surface area contributed by atoms with Gasteiger partial charge in [-0.05, 0) is 31.2 Å². The molecule has 6 nitrogen and oxygen atoms in total. The predicted octanol–water partition coefficient (Wildman–Crippen LogP) is 3.21. The maximum Gasteiger partial charge on any atom is 0.306 e. The number of hydrogen-bond donors (Lipinski definition) is 2. The number of nitro groups is 1. The Morgan fingerprint density at radius 1 is 1.43 bits per heavy atom. The average Bonchev–Trinajstić information content (AvgIpc) is 2.45. The van der Waals surface area contributed by atoms with Gasteiger partial charge < -0.3 is 10.4 Å². The summed E-state index contributed by atoms with van der Waals surface area (Å²) in [5.41, 5.74) is 1.33. The molecule has 1 fully saturated rings. The number of carboxylic acid groups (broad SMARTS) is 1. The molecule has 2 rings (SSSR count). The van der Waals surface area contributed by atoms with Gasteiger partial charge in [-0.15, -0.1) is 0 Å². The molecular weight excluding hydrogens is 272 g/mol. The fourth-order valence-electron chi connectivity index (χ4n) is 3.04. The van der Waals surface area contributed by atoms with E-state index in [9.17, 15) is 20.0 Å². The standard InChI is InChI=1S/C15H20N2O4/c1-10-5-4-8-13(17(20)21)14(10)16-9-11-6-2-3-7-12(11)15(18)19/h4-5,8,11-12,16H,2-3,6-7,9H2,1H3,(H,18,19). The van der Waals surface area contributed by atoms with Crippen LogP contribution in [0.3, 0.4) is 0 Å². The lowest BCUT2D eigenvalue weighted by atomic mass is 9.79. The number of nitrogens with one attached hydrogen (secondary N) is 1. The van der Waals surface area contributed by atoms with Crippen LogP contribution >= 0.6 is 0 Å². The largest absolute Gasteiger partial charge is 0.481 e. The van der Waals surface area contributed by atoms with Crippen molar-refractivity contribution in [2.24, 2.45) is 11.8 Å². The minimum absolute atomic E-state index is 0.0236. The number of carboxylic acids is 1. The number of nitrogens with zero attached hydrogens (tertiary/aromatic N) is 1. The van der Waals surface area contributed by atoms with Gasteiger partial charge in [0.25, 0.3) is 5.69 Å². The first-order valence-electron chi connectivity index (χ1n) is 7.21. The Kier molecular flexibility index (Phi) is 4.77. The number of anilines is 1. The highest BCUT2D eigenvalue weighted by Crippen LogP contribution is 2.33. The van der Waals surface area contributed by atoms with E-state index in [-0.39, 0.29) is 17.5 Å². The number of nitro benzene ring substituents is 1. The Morgan fingerprint density at radius 3 is 2.81 bits per heavy atom. The van der Waals surface area contributed by atoms with Crippen molar-refractivity contribution in [3.8, 4) is 0 Å². The van der Waals surface area contributed by atoms with Crippen LogP contribution in [-0.4, -0.2) is 22.5 Å². The smallest absolute Gasteiger partial charge is 0.306 e. The molecule has 0 bridgehead atoms. The summed E-state index contributed by atoms with van der Waals surface area (Å²) >= 11 is 0. The van der Waals surface area contributed by atoms with Gasteiger partial charge in [0.1, 0.15) is 5.69 Å². The van der Waals surface area contributed by atoms with Gasteiger partial charge in [0.2, 0.25) is 0 Å². The monoisotopic (exact) mass is 292 g/mol. The van der Waals surface area contributed by atoms with Gasteiger partial charge in [0, 0.05) is 12.6 Å². The molecule has 1 aliphatic carbocycles. The first-order chi connectivity index (χ1) is 10.0. The van der Waals surface area contributed by atoms with Crippen molar-refractivity contribution in [3.63, 3.8) is 0 Å². The van der Waals surface area contributed by atoms with Gasteiger partial charge in [-0.1, -0.05) is 25.0 Å². The lowest BCUT2D eigenvalue weighted by Crippen LogP contribution is -2.32. The van der Waals surface area contributed by atoms with Crippen molar-refractivity contribution < 1.29 is 14.8 Å². The molecule has 0 amide bonds. The molecule has 0 spiro atoms. The van der Waals surface area contributed by atoms with Crippen molar-refractivity contribution >= 4 is 17.3 Å². The zero-order valence-corrected chi connectivity index (χ0v) is 12.0. The summed E-state index contributed by atoms with van der Waals surface area (Å²) < 4.78 is 0. The molecule has 0 aromatic heterocycles. The maximum absolute atomic E-state index is 11.3. The Hall–Kier alpha value is -2.11. The lowest BCUT2D eigenvalue weighted by molar-refractivity contribution is -0.384. The van der Waals surface area contributed by atoms with E-state index in [1.165, 1.54) is 6.07 Å². The quantitative estimate of drug-likeness (QED) is 0.642. The van der Waals surface area contributed by atoms with Crippen molar-refractivity contribution in [2.75, 3.05) is 11.9 Å². The second-order valence-corrected chi connectivity index (χ2v) is 5.60. The highest BCUT2D eigenvalue weighted by molar-refractivity contribution is 5.71. The van der Waals surface area contributed by atoms with Gasteiger partial charge in [-0.25, -0.2) is 0 Å². The number of rotatable bonds is 5. The molecule has 2 atom stereocenters. The molecule has 1 aliphatic rings. The van der Waals surface area contributed by atoms with Crippen LogP contribution in [0.15, 0.2) is 18.2 Å². The highest BCUT2D eigenvalue weighted by atomic mass is 16.6. The first kappa shape index (κ1) is 15.3. The Balaban J connectivity index is 2.12. The van der Waals surface area contributed by atoms with Crippen molar-refractivity contribution in [3.05, 3.63) is 33.9 Å². The number of aryl methyl sites for hydroxylation is 1. The molecular formula is C15H20N2O4. The van der Waals surface area contributed by atoms with E-state index in [2.05, 4.69) is 5.32 Å². The molecule has 1 aromatic rings. The van der Waals surface area contributed by atoms with Crippen LogP contribution in [0, 0.1) is 28.9 Å². The third-order valence-electron chi connectivity index (χ3n) is 4.21. The van der Waals surface area contributed by atoms with Gasteiger partial charge in [0.05, 0.1) is 10.8 Å². The zero-order chi connectivity index (χ0) is 15.4. The molecule has 0 aliphatic heterocycles. The van der Waals surface area contributed by atoms with E-state index >= 15 is 0 Å². The number of hydrogen-bond acceptors (Lipinski definition) is 4. The normalized spacial score (nSPS) is 21.8. The molecule has 2 N–H and O–H groups in total. The van der Waals surface area contributed by atoms with E-state index < -0.39 is 10.9 Å². The van der Waals surface area contributed by atoms with E-state index in [0.717, 1.165) is 24.8 Å². The summed E-state index contributed by atoms with van der Waals surface area (Å²) in [5, 5.41) is 23.4. The third kappa shape index (κ3) is 3.51. The summed E-state index contributed by atoms with van der Waals surface area (Å²) in [7, 11) is 0. The van der Waals surface area contributed by atoms with Crippen molar-refractivity contribution in [2.45, 2.75) is 32.6 Å². The fourth-order valence-corrected chi connectivity index (χ4v) is 3.04.